The summed E-state index contributed by atoms with van der Waals surface area (Å²) in [6, 6.07) is 15.3. The molecule has 0 aliphatic carbocycles. The van der Waals surface area contributed by atoms with Crippen LogP contribution in [0.1, 0.15) is 31.9 Å². The third kappa shape index (κ3) is 6.70. The number of hydrogen-bond acceptors (Lipinski definition) is 5. The first-order chi connectivity index (χ1) is 14.1. The van der Waals surface area contributed by atoms with E-state index in [2.05, 4.69) is 0 Å². The average molecular weight is 412 g/mol. The van der Waals surface area contributed by atoms with Crippen LogP contribution in [0.3, 0.4) is 0 Å². The van der Waals surface area contributed by atoms with Gasteiger partial charge in [0, 0.05) is 6.42 Å². The number of carbonyl (C=O) groups excluding carboxylic acids is 2. The van der Waals surface area contributed by atoms with Gasteiger partial charge in [-0.3, -0.25) is 4.79 Å². The van der Waals surface area contributed by atoms with E-state index in [1.807, 2.05) is 30.3 Å². The summed E-state index contributed by atoms with van der Waals surface area (Å²) in [5, 5.41) is 9.83. The highest BCUT2D eigenvalue weighted by Crippen LogP contribution is 2.17. The zero-order valence-electron chi connectivity index (χ0n) is 17.4. The second kappa shape index (κ2) is 10.0. The van der Waals surface area contributed by atoms with Gasteiger partial charge in [-0.05, 0) is 38.3 Å². The predicted molar refractivity (Wildman–Crippen MR) is 113 cm³/mol. The van der Waals surface area contributed by atoms with E-state index >= 15 is 0 Å². The third-order valence-electron chi connectivity index (χ3n) is 4.31. The lowest BCUT2D eigenvalue weighted by molar-refractivity contribution is -0.150. The summed E-state index contributed by atoms with van der Waals surface area (Å²) >= 11 is 0. The number of benzene rings is 2. The van der Waals surface area contributed by atoms with Gasteiger partial charge in [-0.25, -0.2) is 14.5 Å². The van der Waals surface area contributed by atoms with E-state index < -0.39 is 35.7 Å². The predicted octanol–water partition coefficient (Wildman–Crippen LogP) is 3.02. The van der Waals surface area contributed by atoms with E-state index in [-0.39, 0.29) is 12.8 Å². The Balaban J connectivity index is 2.34. The molecule has 0 saturated heterocycles. The van der Waals surface area contributed by atoms with Crippen molar-refractivity contribution in [1.29, 1.82) is 0 Å². The van der Waals surface area contributed by atoms with Crippen LogP contribution in [-0.4, -0.2) is 45.7 Å². The summed E-state index contributed by atoms with van der Waals surface area (Å²) < 4.78 is 5.34. The molecule has 160 valence electrons. The number of carbonyl (C=O) groups is 3. The van der Waals surface area contributed by atoms with E-state index in [0.29, 0.717) is 10.5 Å². The van der Waals surface area contributed by atoms with Crippen LogP contribution < -0.4 is 5.73 Å². The molecule has 0 radical (unpaired) electrons. The van der Waals surface area contributed by atoms with Crippen LogP contribution in [0.5, 0.6) is 0 Å². The molecule has 2 rings (SSSR count). The van der Waals surface area contributed by atoms with E-state index in [0.717, 1.165) is 5.56 Å². The quantitative estimate of drug-likeness (QED) is 0.723. The largest absolute Gasteiger partial charge is 0.480 e. The molecule has 0 fully saturated rings. The second-order valence-corrected chi connectivity index (χ2v) is 8.03. The van der Waals surface area contributed by atoms with Crippen LogP contribution in [0.15, 0.2) is 60.7 Å². The van der Waals surface area contributed by atoms with Gasteiger partial charge in [0.1, 0.15) is 11.6 Å². The van der Waals surface area contributed by atoms with E-state index in [1.54, 1.807) is 51.1 Å². The molecule has 0 aromatic heterocycles. The highest BCUT2D eigenvalue weighted by Gasteiger charge is 2.39. The Labute approximate surface area is 176 Å². The Morgan fingerprint density at radius 2 is 1.40 bits per heavy atom. The maximum absolute atomic E-state index is 13.1. The van der Waals surface area contributed by atoms with Crippen LogP contribution in [0, 0.1) is 0 Å². The van der Waals surface area contributed by atoms with Gasteiger partial charge in [-0.1, -0.05) is 60.7 Å². The number of ether oxygens (including phenoxy) is 1. The molecule has 0 saturated carbocycles. The van der Waals surface area contributed by atoms with Crippen LogP contribution in [0.25, 0.3) is 0 Å². The van der Waals surface area contributed by atoms with Crippen LogP contribution >= 0.6 is 0 Å². The Kier molecular flexibility index (Phi) is 7.72. The van der Waals surface area contributed by atoms with E-state index in [4.69, 9.17) is 10.5 Å². The molecule has 2 amide bonds. The van der Waals surface area contributed by atoms with Crippen molar-refractivity contribution in [3.05, 3.63) is 71.8 Å². The molecule has 2 atom stereocenters. The number of carboxylic acid groups (broad SMARTS) is 1. The Morgan fingerprint density at radius 1 is 0.933 bits per heavy atom. The topological polar surface area (TPSA) is 110 Å². The van der Waals surface area contributed by atoms with Crippen molar-refractivity contribution < 1.29 is 24.2 Å². The van der Waals surface area contributed by atoms with Gasteiger partial charge in [0.15, 0.2) is 0 Å². The first kappa shape index (κ1) is 23.1. The smallest absolute Gasteiger partial charge is 0.417 e. The molecule has 7 heteroatoms. The SMILES string of the molecule is CC(C)(C)OC(=O)N(C(=O)C(N)Cc1ccccc1)C(Cc1ccccc1)C(=O)O. The van der Waals surface area contributed by atoms with Crippen molar-refractivity contribution in [3.8, 4) is 0 Å². The molecule has 2 aromatic carbocycles. The van der Waals surface area contributed by atoms with Crippen LogP contribution in [-0.2, 0) is 27.2 Å². The molecule has 2 unspecified atom stereocenters. The molecule has 3 N–H and O–H groups in total. The van der Waals surface area contributed by atoms with Gasteiger partial charge in [0.2, 0.25) is 5.91 Å². The van der Waals surface area contributed by atoms with Gasteiger partial charge in [-0.15, -0.1) is 0 Å². The molecule has 0 heterocycles. The first-order valence-electron chi connectivity index (χ1n) is 9.71. The Bertz CT molecular complexity index is 862. The van der Waals surface area contributed by atoms with Gasteiger partial charge in [0.05, 0.1) is 6.04 Å². The van der Waals surface area contributed by atoms with Crippen LogP contribution in [0.2, 0.25) is 0 Å². The lowest BCUT2D eigenvalue weighted by atomic mass is 10.0. The van der Waals surface area contributed by atoms with Crippen molar-refractivity contribution >= 4 is 18.0 Å². The number of amides is 2. The summed E-state index contributed by atoms with van der Waals surface area (Å²) in [7, 11) is 0. The summed E-state index contributed by atoms with van der Waals surface area (Å²) in [6.45, 7) is 4.93. The van der Waals surface area contributed by atoms with Gasteiger partial charge in [-0.2, -0.15) is 0 Å². The monoisotopic (exact) mass is 412 g/mol. The van der Waals surface area contributed by atoms with Crippen molar-refractivity contribution in [3.63, 3.8) is 0 Å². The molecule has 0 aliphatic heterocycles. The summed E-state index contributed by atoms with van der Waals surface area (Å²) in [4.78, 5) is 38.7. The zero-order valence-corrected chi connectivity index (χ0v) is 17.4. The number of imide groups is 1. The lowest BCUT2D eigenvalue weighted by Crippen LogP contribution is -2.56. The maximum atomic E-state index is 13.1. The van der Waals surface area contributed by atoms with Gasteiger partial charge in [0.25, 0.3) is 0 Å². The molecular weight excluding hydrogens is 384 g/mol. The molecule has 0 spiro atoms. The molecule has 2 aromatic rings. The molecule has 30 heavy (non-hydrogen) atoms. The standard InChI is InChI=1S/C23H28N2O5/c1-23(2,3)30-22(29)25(19(21(27)28)15-17-12-8-5-9-13-17)20(26)18(24)14-16-10-6-4-7-11-16/h4-13,18-19H,14-15,24H2,1-3H3,(H,27,28). The number of carboxylic acids is 1. The molecular formula is C23H28N2O5. The normalized spacial score (nSPS) is 13.2. The number of nitrogens with zero attached hydrogens (tertiary/aromatic N) is 1. The number of nitrogens with two attached hydrogens (primary N) is 1. The summed E-state index contributed by atoms with van der Waals surface area (Å²) in [5.41, 5.74) is 6.66. The fourth-order valence-corrected chi connectivity index (χ4v) is 2.94. The average Bonchev–Trinajstić information content (AvgIpc) is 2.67. The molecule has 0 bridgehead atoms. The number of rotatable bonds is 7. The highest BCUT2D eigenvalue weighted by atomic mass is 16.6. The second-order valence-electron chi connectivity index (χ2n) is 8.03. The van der Waals surface area contributed by atoms with E-state index in [9.17, 15) is 19.5 Å². The molecule has 0 aliphatic rings. The molecule has 7 nitrogen and oxygen atoms in total. The third-order valence-corrected chi connectivity index (χ3v) is 4.31. The van der Waals surface area contributed by atoms with Crippen molar-refractivity contribution in [2.24, 2.45) is 5.73 Å². The fraction of sp³-hybridized carbons (Fsp3) is 0.348. The van der Waals surface area contributed by atoms with Crippen molar-refractivity contribution in [1.82, 2.24) is 4.90 Å². The lowest BCUT2D eigenvalue weighted by Gasteiger charge is -2.31. The van der Waals surface area contributed by atoms with Crippen molar-refractivity contribution in [2.75, 3.05) is 0 Å². The minimum absolute atomic E-state index is 0.0563. The van der Waals surface area contributed by atoms with Crippen molar-refractivity contribution in [2.45, 2.75) is 51.3 Å². The van der Waals surface area contributed by atoms with E-state index in [1.165, 1.54) is 0 Å². The number of hydrogen-bond donors (Lipinski definition) is 2. The highest BCUT2D eigenvalue weighted by molar-refractivity contribution is 5.99. The Hall–Kier alpha value is -3.19. The van der Waals surface area contributed by atoms with Crippen LogP contribution in [0.4, 0.5) is 4.79 Å². The Morgan fingerprint density at radius 3 is 1.83 bits per heavy atom. The zero-order chi connectivity index (χ0) is 22.3. The first-order valence-corrected chi connectivity index (χ1v) is 9.71. The minimum Gasteiger partial charge on any atom is -0.480 e. The minimum atomic E-state index is -1.45. The summed E-state index contributed by atoms with van der Waals surface area (Å²) in [5.74, 6) is -2.11. The number of aliphatic carboxylic acids is 1. The maximum Gasteiger partial charge on any atom is 0.417 e. The fourth-order valence-electron chi connectivity index (χ4n) is 2.94. The summed E-state index contributed by atoms with van der Waals surface area (Å²) in [6.07, 6.45) is -0.921. The van der Waals surface area contributed by atoms with Gasteiger partial charge < -0.3 is 15.6 Å². The van der Waals surface area contributed by atoms with Gasteiger partial charge >= 0.3 is 12.1 Å².